The topological polar surface area (TPSA) is 43.6 Å². The number of rotatable bonds is 3. The predicted octanol–water partition coefficient (Wildman–Crippen LogP) is 4.28. The number of halogens is 5. The van der Waals surface area contributed by atoms with E-state index in [0.717, 1.165) is 5.82 Å². The Balaban J connectivity index is 0.00000225. The Morgan fingerprint density at radius 2 is 1.96 bits per heavy atom. The molecule has 0 fully saturated rings. The van der Waals surface area contributed by atoms with Crippen LogP contribution >= 0.6 is 12.4 Å². The van der Waals surface area contributed by atoms with Crippen molar-refractivity contribution in [3.63, 3.8) is 0 Å². The molecule has 2 aromatic heterocycles. The van der Waals surface area contributed by atoms with E-state index in [4.69, 9.17) is 0 Å². The molecule has 0 amide bonds. The van der Waals surface area contributed by atoms with Gasteiger partial charge in [0.05, 0.1) is 24.0 Å². The standard InChI is InChI=1S/C16H12F4N4.ClH/c1-10-21-5-6-24(10)9-12-7-11(8-22-23-12)13-3-2-4-14(15(13)17)16(18,19)20;/h2-8H,9H2,1H3;1H. The summed E-state index contributed by atoms with van der Waals surface area (Å²) in [5.74, 6) is -0.560. The van der Waals surface area contributed by atoms with Crippen LogP contribution in [0, 0.1) is 12.7 Å². The van der Waals surface area contributed by atoms with Gasteiger partial charge in [0.15, 0.2) is 0 Å². The molecule has 0 radical (unpaired) electrons. The molecule has 25 heavy (non-hydrogen) atoms. The van der Waals surface area contributed by atoms with E-state index in [9.17, 15) is 17.6 Å². The van der Waals surface area contributed by atoms with E-state index >= 15 is 0 Å². The first-order valence-electron chi connectivity index (χ1n) is 7.01. The molecule has 0 saturated carbocycles. The van der Waals surface area contributed by atoms with Gasteiger partial charge in [0.1, 0.15) is 11.6 Å². The molecular formula is C16H13ClF4N4. The minimum absolute atomic E-state index is 0. The van der Waals surface area contributed by atoms with Crippen molar-refractivity contribution in [1.29, 1.82) is 0 Å². The fourth-order valence-corrected chi connectivity index (χ4v) is 2.35. The second kappa shape index (κ2) is 7.18. The molecule has 3 rings (SSSR count). The third-order valence-corrected chi connectivity index (χ3v) is 3.58. The maximum atomic E-state index is 14.2. The second-order valence-corrected chi connectivity index (χ2v) is 5.20. The van der Waals surface area contributed by atoms with Crippen LogP contribution in [0.2, 0.25) is 0 Å². The summed E-state index contributed by atoms with van der Waals surface area (Å²) in [6.45, 7) is 2.15. The van der Waals surface area contributed by atoms with Gasteiger partial charge in [-0.3, -0.25) is 0 Å². The molecule has 0 aliphatic carbocycles. The Morgan fingerprint density at radius 3 is 2.60 bits per heavy atom. The summed E-state index contributed by atoms with van der Waals surface area (Å²) in [5.41, 5.74) is -0.737. The molecule has 0 N–H and O–H groups in total. The van der Waals surface area contributed by atoms with E-state index in [1.165, 1.54) is 24.4 Å². The molecule has 4 nitrogen and oxygen atoms in total. The number of hydrogen-bond acceptors (Lipinski definition) is 3. The Kier molecular flexibility index (Phi) is 5.42. The molecule has 0 unspecified atom stereocenters. The number of hydrogen-bond donors (Lipinski definition) is 0. The van der Waals surface area contributed by atoms with Crippen LogP contribution in [-0.2, 0) is 12.7 Å². The molecule has 0 saturated heterocycles. The van der Waals surface area contributed by atoms with Crippen molar-refractivity contribution in [1.82, 2.24) is 19.7 Å². The van der Waals surface area contributed by atoms with Crippen LogP contribution in [0.5, 0.6) is 0 Å². The summed E-state index contributed by atoms with van der Waals surface area (Å²) in [7, 11) is 0. The van der Waals surface area contributed by atoms with Crippen LogP contribution < -0.4 is 0 Å². The van der Waals surface area contributed by atoms with Crippen LogP contribution in [-0.4, -0.2) is 19.7 Å². The predicted molar refractivity (Wildman–Crippen MR) is 85.7 cm³/mol. The SMILES string of the molecule is Cc1nccn1Cc1cc(-c2cccc(C(F)(F)F)c2F)cnn1.Cl. The smallest absolute Gasteiger partial charge is 0.329 e. The molecule has 0 atom stereocenters. The molecule has 132 valence electrons. The molecule has 0 bridgehead atoms. The molecule has 3 aromatic rings. The maximum Gasteiger partial charge on any atom is 0.419 e. The zero-order valence-electron chi connectivity index (χ0n) is 13.0. The van der Waals surface area contributed by atoms with Crippen molar-refractivity contribution in [2.45, 2.75) is 19.6 Å². The highest BCUT2D eigenvalue weighted by Gasteiger charge is 2.35. The summed E-state index contributed by atoms with van der Waals surface area (Å²) >= 11 is 0. The van der Waals surface area contributed by atoms with Gasteiger partial charge in [0.25, 0.3) is 0 Å². The highest BCUT2D eigenvalue weighted by Crippen LogP contribution is 2.35. The van der Waals surface area contributed by atoms with E-state index in [1.807, 2.05) is 6.92 Å². The fraction of sp³-hybridized carbons (Fsp3) is 0.188. The number of alkyl halides is 3. The van der Waals surface area contributed by atoms with Crippen LogP contribution in [0.3, 0.4) is 0 Å². The molecule has 2 heterocycles. The van der Waals surface area contributed by atoms with Gasteiger partial charge in [0, 0.05) is 23.5 Å². The van der Waals surface area contributed by atoms with Crippen molar-refractivity contribution in [3.05, 3.63) is 65.8 Å². The van der Waals surface area contributed by atoms with Crippen LogP contribution in [0.4, 0.5) is 17.6 Å². The van der Waals surface area contributed by atoms with Crippen molar-refractivity contribution < 1.29 is 17.6 Å². The summed E-state index contributed by atoms with van der Waals surface area (Å²) in [4.78, 5) is 4.08. The number of nitrogens with zero attached hydrogens (tertiary/aromatic N) is 4. The number of aromatic nitrogens is 4. The number of benzene rings is 1. The van der Waals surface area contributed by atoms with Gasteiger partial charge in [-0.1, -0.05) is 12.1 Å². The normalized spacial score (nSPS) is 11.2. The van der Waals surface area contributed by atoms with Gasteiger partial charge in [-0.05, 0) is 19.1 Å². The quantitative estimate of drug-likeness (QED) is 0.645. The Labute approximate surface area is 147 Å². The van der Waals surface area contributed by atoms with Crippen molar-refractivity contribution in [2.24, 2.45) is 0 Å². The van der Waals surface area contributed by atoms with Crippen molar-refractivity contribution >= 4 is 12.4 Å². The molecule has 9 heteroatoms. The van der Waals surface area contributed by atoms with Gasteiger partial charge in [-0.2, -0.15) is 23.4 Å². The summed E-state index contributed by atoms with van der Waals surface area (Å²) < 4.78 is 54.6. The van der Waals surface area contributed by atoms with E-state index in [0.29, 0.717) is 18.3 Å². The largest absolute Gasteiger partial charge is 0.419 e. The van der Waals surface area contributed by atoms with Gasteiger partial charge in [-0.25, -0.2) is 9.37 Å². The van der Waals surface area contributed by atoms with Crippen LogP contribution in [0.1, 0.15) is 17.1 Å². The first-order valence-corrected chi connectivity index (χ1v) is 7.01. The minimum atomic E-state index is -4.75. The van der Waals surface area contributed by atoms with Crippen molar-refractivity contribution in [2.75, 3.05) is 0 Å². The Hall–Kier alpha value is -2.48. The summed E-state index contributed by atoms with van der Waals surface area (Å²) in [5, 5.41) is 7.71. The third kappa shape index (κ3) is 3.96. The third-order valence-electron chi connectivity index (χ3n) is 3.58. The second-order valence-electron chi connectivity index (χ2n) is 5.20. The lowest BCUT2D eigenvalue weighted by Gasteiger charge is -2.11. The van der Waals surface area contributed by atoms with E-state index < -0.39 is 17.6 Å². The maximum absolute atomic E-state index is 14.2. The monoisotopic (exact) mass is 372 g/mol. The van der Waals surface area contributed by atoms with Crippen LogP contribution in [0.15, 0.2) is 42.9 Å². The van der Waals surface area contributed by atoms with Gasteiger partial charge in [0.2, 0.25) is 0 Å². The van der Waals surface area contributed by atoms with Crippen molar-refractivity contribution in [3.8, 4) is 11.1 Å². The molecule has 1 aromatic carbocycles. The lowest BCUT2D eigenvalue weighted by Crippen LogP contribution is -2.09. The fourth-order valence-electron chi connectivity index (χ4n) is 2.35. The molecule has 0 aliphatic heterocycles. The molecular weight excluding hydrogens is 360 g/mol. The lowest BCUT2D eigenvalue weighted by atomic mass is 10.0. The summed E-state index contributed by atoms with van der Waals surface area (Å²) in [6.07, 6.45) is -0.145. The first-order chi connectivity index (χ1) is 11.4. The molecule has 0 spiro atoms. The average molecular weight is 373 g/mol. The Morgan fingerprint density at radius 1 is 1.20 bits per heavy atom. The van der Waals surface area contributed by atoms with Gasteiger partial charge < -0.3 is 4.57 Å². The van der Waals surface area contributed by atoms with Gasteiger partial charge >= 0.3 is 6.18 Å². The van der Waals surface area contributed by atoms with Crippen LogP contribution in [0.25, 0.3) is 11.1 Å². The first kappa shape index (κ1) is 18.9. The highest BCUT2D eigenvalue weighted by atomic mass is 35.5. The van der Waals surface area contributed by atoms with E-state index in [-0.39, 0.29) is 23.5 Å². The van der Waals surface area contributed by atoms with Gasteiger partial charge in [-0.15, -0.1) is 12.4 Å². The molecule has 0 aliphatic rings. The lowest BCUT2D eigenvalue weighted by molar-refractivity contribution is -0.139. The van der Waals surface area contributed by atoms with E-state index in [1.54, 1.807) is 17.0 Å². The highest BCUT2D eigenvalue weighted by molar-refractivity contribution is 5.85. The Bertz CT molecular complexity index is 877. The average Bonchev–Trinajstić information content (AvgIpc) is 2.92. The number of imidazole rings is 1. The number of aryl methyl sites for hydroxylation is 1. The zero-order chi connectivity index (χ0) is 17.3. The summed E-state index contributed by atoms with van der Waals surface area (Å²) in [6, 6.07) is 4.68. The zero-order valence-corrected chi connectivity index (χ0v) is 13.8. The minimum Gasteiger partial charge on any atom is -0.329 e. The van der Waals surface area contributed by atoms with E-state index in [2.05, 4.69) is 15.2 Å².